The van der Waals surface area contributed by atoms with Crippen LogP contribution in [-0.4, -0.2) is 43.1 Å². The van der Waals surface area contributed by atoms with Crippen molar-refractivity contribution in [2.24, 2.45) is 11.7 Å². The zero-order valence-corrected chi connectivity index (χ0v) is 13.7. The number of nitrogens with zero attached hydrogens (tertiary/aromatic N) is 1. The number of imide groups is 1. The van der Waals surface area contributed by atoms with Gasteiger partial charge in [-0.25, -0.2) is 4.79 Å². The average Bonchev–Trinajstić information content (AvgIpc) is 2.55. The van der Waals surface area contributed by atoms with Crippen LogP contribution >= 0.6 is 0 Å². The molecule has 0 aliphatic carbocycles. The second-order valence-corrected chi connectivity index (χ2v) is 6.02. The van der Waals surface area contributed by atoms with Gasteiger partial charge in [-0.05, 0) is 56.8 Å². The van der Waals surface area contributed by atoms with Crippen LogP contribution in [0.5, 0.6) is 5.75 Å². The van der Waals surface area contributed by atoms with E-state index in [0.29, 0.717) is 5.92 Å². The number of primary amides is 1. The molecule has 0 unspecified atom stereocenters. The molecule has 6 nitrogen and oxygen atoms in total. The Morgan fingerprint density at radius 3 is 2.61 bits per heavy atom. The van der Waals surface area contributed by atoms with E-state index in [2.05, 4.69) is 16.3 Å². The second-order valence-electron chi connectivity index (χ2n) is 6.02. The number of hydrogen-bond donors (Lipinski definition) is 2. The van der Waals surface area contributed by atoms with Crippen molar-refractivity contribution in [1.29, 1.82) is 0 Å². The molecule has 1 saturated heterocycles. The van der Waals surface area contributed by atoms with Gasteiger partial charge >= 0.3 is 6.03 Å². The molecule has 3 N–H and O–H groups in total. The van der Waals surface area contributed by atoms with Crippen molar-refractivity contribution < 1.29 is 14.3 Å². The van der Waals surface area contributed by atoms with Crippen molar-refractivity contribution in [3.8, 4) is 5.75 Å². The summed E-state index contributed by atoms with van der Waals surface area (Å²) in [4.78, 5) is 24.7. The number of amides is 3. The van der Waals surface area contributed by atoms with E-state index in [0.717, 1.165) is 38.1 Å². The van der Waals surface area contributed by atoms with Crippen LogP contribution in [0.4, 0.5) is 4.79 Å². The lowest BCUT2D eigenvalue weighted by molar-refractivity contribution is -0.125. The van der Waals surface area contributed by atoms with E-state index in [1.165, 1.54) is 5.56 Å². The number of benzene rings is 1. The van der Waals surface area contributed by atoms with Gasteiger partial charge in [0.25, 0.3) is 0 Å². The number of carbonyl (C=O) groups excluding carboxylic acids is 2. The Bertz CT molecular complexity index is 554. The van der Waals surface area contributed by atoms with Gasteiger partial charge < -0.3 is 10.5 Å². The number of rotatable bonds is 5. The van der Waals surface area contributed by atoms with Gasteiger partial charge in [0, 0.05) is 0 Å². The van der Waals surface area contributed by atoms with Gasteiger partial charge in [-0.15, -0.1) is 0 Å². The number of urea groups is 1. The van der Waals surface area contributed by atoms with Crippen molar-refractivity contribution in [3.63, 3.8) is 0 Å². The molecule has 1 aliphatic heterocycles. The summed E-state index contributed by atoms with van der Waals surface area (Å²) in [5.74, 6) is 1.18. The highest BCUT2D eigenvalue weighted by atomic mass is 16.5. The minimum absolute atomic E-state index is 0.333. The van der Waals surface area contributed by atoms with Gasteiger partial charge in [0.2, 0.25) is 5.91 Å². The quantitative estimate of drug-likeness (QED) is 0.862. The smallest absolute Gasteiger partial charge is 0.318 e. The number of nitrogens with two attached hydrogens (primary N) is 1. The van der Waals surface area contributed by atoms with E-state index in [1.54, 1.807) is 14.0 Å². The van der Waals surface area contributed by atoms with Gasteiger partial charge in [-0.1, -0.05) is 18.2 Å². The van der Waals surface area contributed by atoms with Crippen LogP contribution in [0.3, 0.4) is 0 Å². The lowest BCUT2D eigenvalue weighted by atomic mass is 9.89. The summed E-state index contributed by atoms with van der Waals surface area (Å²) in [6.07, 6.45) is 3.03. The molecule has 1 aromatic rings. The third kappa shape index (κ3) is 4.69. The first-order chi connectivity index (χ1) is 11.0. The number of para-hydroxylation sites is 1. The first-order valence-corrected chi connectivity index (χ1v) is 7.97. The number of methoxy groups -OCH3 is 1. The van der Waals surface area contributed by atoms with Gasteiger partial charge in [0.05, 0.1) is 13.2 Å². The van der Waals surface area contributed by atoms with Crippen LogP contribution in [0, 0.1) is 5.92 Å². The molecule has 6 heteroatoms. The molecule has 0 spiro atoms. The minimum atomic E-state index is -0.798. The number of ether oxygens (including phenoxy) is 1. The highest BCUT2D eigenvalue weighted by Gasteiger charge is 2.27. The zero-order chi connectivity index (χ0) is 16.8. The Balaban J connectivity index is 1.86. The fourth-order valence-corrected chi connectivity index (χ4v) is 3.12. The Morgan fingerprint density at radius 2 is 2.00 bits per heavy atom. The summed E-state index contributed by atoms with van der Waals surface area (Å²) < 4.78 is 5.41. The van der Waals surface area contributed by atoms with E-state index in [-0.39, 0.29) is 11.9 Å². The summed E-state index contributed by atoms with van der Waals surface area (Å²) >= 11 is 0. The topological polar surface area (TPSA) is 84.7 Å². The lowest BCUT2D eigenvalue weighted by Gasteiger charge is -2.35. The van der Waals surface area contributed by atoms with Crippen LogP contribution in [0.2, 0.25) is 0 Å². The molecule has 3 amide bonds. The molecule has 1 fully saturated rings. The molecule has 0 bridgehead atoms. The van der Waals surface area contributed by atoms with Crippen molar-refractivity contribution in [2.75, 3.05) is 20.2 Å². The summed E-state index contributed by atoms with van der Waals surface area (Å²) in [5, 5.41) is 2.15. The Labute approximate surface area is 137 Å². The molecule has 1 aliphatic rings. The highest BCUT2D eigenvalue weighted by molar-refractivity contribution is 5.96. The van der Waals surface area contributed by atoms with Gasteiger partial charge in [0.1, 0.15) is 5.75 Å². The third-order valence-electron chi connectivity index (χ3n) is 4.52. The van der Waals surface area contributed by atoms with Gasteiger partial charge in [0.15, 0.2) is 0 Å². The molecule has 0 aromatic heterocycles. The molecule has 126 valence electrons. The second kappa shape index (κ2) is 7.97. The van der Waals surface area contributed by atoms with Crippen LogP contribution in [-0.2, 0) is 11.2 Å². The number of piperidine rings is 1. The average molecular weight is 319 g/mol. The molecule has 1 aromatic carbocycles. The fraction of sp³-hybridized carbons (Fsp3) is 0.529. The van der Waals surface area contributed by atoms with Crippen LogP contribution < -0.4 is 15.8 Å². The highest BCUT2D eigenvalue weighted by Crippen LogP contribution is 2.27. The number of hydrogen-bond acceptors (Lipinski definition) is 4. The molecular formula is C17H25N3O3. The molecule has 0 saturated carbocycles. The maximum absolute atomic E-state index is 11.8. The molecule has 23 heavy (non-hydrogen) atoms. The van der Waals surface area contributed by atoms with E-state index in [9.17, 15) is 9.59 Å². The SMILES string of the molecule is COc1ccccc1CC1CCN([C@H](C)C(=O)NC(N)=O)CC1. The standard InChI is InChI=1S/C17H25N3O3/c1-12(16(21)19-17(18)22)20-9-7-13(8-10-20)11-14-5-3-4-6-15(14)23-2/h3-6,12-13H,7-11H2,1-2H3,(H3,18,19,21,22)/t12-/m1/s1. The molecule has 1 heterocycles. The first kappa shape index (κ1) is 17.3. The van der Waals surface area contributed by atoms with Crippen LogP contribution in [0.25, 0.3) is 0 Å². The van der Waals surface area contributed by atoms with Crippen molar-refractivity contribution in [3.05, 3.63) is 29.8 Å². The normalized spacial score (nSPS) is 17.5. The van der Waals surface area contributed by atoms with Crippen molar-refractivity contribution in [2.45, 2.75) is 32.2 Å². The van der Waals surface area contributed by atoms with E-state index in [1.807, 2.05) is 18.2 Å². The molecular weight excluding hydrogens is 294 g/mol. The number of nitrogens with one attached hydrogen (secondary N) is 1. The van der Waals surface area contributed by atoms with E-state index in [4.69, 9.17) is 10.5 Å². The fourth-order valence-electron chi connectivity index (χ4n) is 3.12. The predicted molar refractivity (Wildman–Crippen MR) is 88.2 cm³/mol. The maximum atomic E-state index is 11.8. The summed E-state index contributed by atoms with van der Waals surface area (Å²) in [6.45, 7) is 3.49. The zero-order valence-electron chi connectivity index (χ0n) is 13.7. The van der Waals surface area contributed by atoms with Gasteiger partial charge in [-0.3, -0.25) is 15.0 Å². The predicted octanol–water partition coefficient (Wildman–Crippen LogP) is 1.53. The maximum Gasteiger partial charge on any atom is 0.318 e. The molecule has 2 rings (SSSR count). The number of likely N-dealkylation sites (tertiary alicyclic amines) is 1. The Hall–Kier alpha value is -2.08. The van der Waals surface area contributed by atoms with Crippen molar-refractivity contribution >= 4 is 11.9 Å². The monoisotopic (exact) mass is 319 g/mol. The van der Waals surface area contributed by atoms with Gasteiger partial charge in [-0.2, -0.15) is 0 Å². The molecule has 0 radical (unpaired) electrons. The Kier molecular flexibility index (Phi) is 5.98. The minimum Gasteiger partial charge on any atom is -0.496 e. The Morgan fingerprint density at radius 1 is 1.35 bits per heavy atom. The lowest BCUT2D eigenvalue weighted by Crippen LogP contribution is -2.50. The van der Waals surface area contributed by atoms with E-state index >= 15 is 0 Å². The van der Waals surface area contributed by atoms with Crippen LogP contribution in [0.15, 0.2) is 24.3 Å². The summed E-state index contributed by atoms with van der Waals surface area (Å²) in [6, 6.07) is 6.96. The van der Waals surface area contributed by atoms with Crippen molar-refractivity contribution in [1.82, 2.24) is 10.2 Å². The number of carbonyl (C=O) groups is 2. The molecule has 1 atom stereocenters. The third-order valence-corrected chi connectivity index (χ3v) is 4.52. The largest absolute Gasteiger partial charge is 0.496 e. The van der Waals surface area contributed by atoms with E-state index < -0.39 is 6.03 Å². The summed E-state index contributed by atoms with van der Waals surface area (Å²) in [7, 11) is 1.69. The first-order valence-electron chi connectivity index (χ1n) is 7.97. The van der Waals surface area contributed by atoms with Crippen LogP contribution in [0.1, 0.15) is 25.3 Å². The summed E-state index contributed by atoms with van der Waals surface area (Å²) in [5.41, 5.74) is 6.22.